The number of carbonyl (C=O) groups excluding carboxylic acids is 2. The molecule has 2 aliphatic heterocycles. The van der Waals surface area contributed by atoms with Crippen LogP contribution in [0.15, 0.2) is 24.3 Å². The van der Waals surface area contributed by atoms with Crippen molar-refractivity contribution in [3.63, 3.8) is 0 Å². The van der Waals surface area contributed by atoms with E-state index in [1.807, 2.05) is 19.1 Å². The number of benzene rings is 1. The number of halogens is 3. The second-order valence-corrected chi connectivity index (χ2v) is 6.86. The number of hydrogen-bond acceptors (Lipinski definition) is 5. The van der Waals surface area contributed by atoms with E-state index in [0.717, 1.165) is 5.69 Å². The number of hydrogen-bond donors (Lipinski definition) is 1. The number of carbonyl (C=O) groups is 2. The lowest BCUT2D eigenvalue weighted by molar-refractivity contribution is -0.136. The van der Waals surface area contributed by atoms with Gasteiger partial charge in [-0.3, -0.25) is 10.1 Å². The van der Waals surface area contributed by atoms with Crippen molar-refractivity contribution < 1.29 is 23.1 Å². The van der Waals surface area contributed by atoms with Crippen LogP contribution in [-0.4, -0.2) is 68.1 Å². The van der Waals surface area contributed by atoms with Gasteiger partial charge in [0.25, 0.3) is 5.92 Å². The Hall–Kier alpha value is -1.93. The number of methoxy groups -OCH3 is 1. The zero-order chi connectivity index (χ0) is 18.9. The van der Waals surface area contributed by atoms with Crippen molar-refractivity contribution in [2.45, 2.75) is 31.4 Å². The highest BCUT2D eigenvalue weighted by Crippen LogP contribution is 2.27. The lowest BCUT2D eigenvalue weighted by Gasteiger charge is -2.42. The molecule has 0 saturated carbocycles. The summed E-state index contributed by atoms with van der Waals surface area (Å²) in [6.07, 6.45) is -0.437. The molecule has 2 atom stereocenters. The number of anilines is 1. The molecule has 3 rings (SSSR count). The minimum atomic E-state index is -2.81. The summed E-state index contributed by atoms with van der Waals surface area (Å²) in [5.41, 5.74) is 1.42. The zero-order valence-electron chi connectivity index (χ0n) is 15.3. The van der Waals surface area contributed by atoms with Crippen LogP contribution in [0.25, 0.3) is 0 Å². The Labute approximate surface area is 163 Å². The van der Waals surface area contributed by atoms with E-state index < -0.39 is 24.9 Å². The molecular formula is C18H24ClF2N3O3. The summed E-state index contributed by atoms with van der Waals surface area (Å²) in [6.45, 7) is 3.16. The Kier molecular flexibility index (Phi) is 6.64. The van der Waals surface area contributed by atoms with E-state index in [2.05, 4.69) is 15.0 Å². The molecule has 0 bridgehead atoms. The largest absolute Gasteiger partial charge is 0.465 e. The Morgan fingerprint density at radius 3 is 2.41 bits per heavy atom. The summed E-state index contributed by atoms with van der Waals surface area (Å²) in [5.74, 6) is -3.45. The van der Waals surface area contributed by atoms with E-state index in [-0.39, 0.29) is 30.3 Å². The Balaban J connectivity index is 0.00000261. The zero-order valence-corrected chi connectivity index (χ0v) is 16.1. The SMILES string of the molecule is COC(=O)c1ccc(N2CCN(C(=O)C3CC(F)(F)CN3)C(C)C2)cc1.Cl. The molecule has 2 heterocycles. The van der Waals surface area contributed by atoms with Gasteiger partial charge in [0, 0.05) is 37.8 Å². The molecule has 150 valence electrons. The number of alkyl halides is 2. The summed E-state index contributed by atoms with van der Waals surface area (Å²) in [5, 5.41) is 2.63. The Morgan fingerprint density at radius 2 is 1.89 bits per heavy atom. The lowest BCUT2D eigenvalue weighted by Crippen LogP contribution is -2.57. The van der Waals surface area contributed by atoms with Crippen LogP contribution < -0.4 is 10.2 Å². The normalized spacial score (nSPS) is 24.3. The van der Waals surface area contributed by atoms with Crippen LogP contribution in [0, 0.1) is 0 Å². The molecule has 0 spiro atoms. The third kappa shape index (κ3) is 4.68. The Morgan fingerprint density at radius 1 is 1.22 bits per heavy atom. The van der Waals surface area contributed by atoms with Crippen LogP contribution in [0.2, 0.25) is 0 Å². The molecule has 1 aromatic carbocycles. The van der Waals surface area contributed by atoms with Crippen molar-refractivity contribution >= 4 is 30.0 Å². The maximum atomic E-state index is 13.3. The molecule has 1 amide bonds. The van der Waals surface area contributed by atoms with Gasteiger partial charge in [0.05, 0.1) is 25.3 Å². The van der Waals surface area contributed by atoms with E-state index in [9.17, 15) is 18.4 Å². The van der Waals surface area contributed by atoms with Crippen molar-refractivity contribution in [3.05, 3.63) is 29.8 Å². The fourth-order valence-corrected chi connectivity index (χ4v) is 3.54. The molecule has 0 aromatic heterocycles. The number of ether oxygens (including phenoxy) is 1. The third-order valence-electron chi connectivity index (χ3n) is 4.97. The van der Waals surface area contributed by atoms with E-state index in [1.165, 1.54) is 7.11 Å². The minimum Gasteiger partial charge on any atom is -0.465 e. The van der Waals surface area contributed by atoms with Gasteiger partial charge in [-0.05, 0) is 31.2 Å². The van der Waals surface area contributed by atoms with Crippen molar-refractivity contribution in [3.8, 4) is 0 Å². The van der Waals surface area contributed by atoms with Gasteiger partial charge in [0.15, 0.2) is 0 Å². The first-order chi connectivity index (χ1) is 12.3. The van der Waals surface area contributed by atoms with Crippen LogP contribution in [0.5, 0.6) is 0 Å². The molecule has 27 heavy (non-hydrogen) atoms. The van der Waals surface area contributed by atoms with Gasteiger partial charge in [-0.1, -0.05) is 0 Å². The van der Waals surface area contributed by atoms with Gasteiger partial charge in [-0.25, -0.2) is 13.6 Å². The predicted molar refractivity (Wildman–Crippen MR) is 99.8 cm³/mol. The van der Waals surface area contributed by atoms with E-state index in [4.69, 9.17) is 0 Å². The topological polar surface area (TPSA) is 61.9 Å². The second kappa shape index (κ2) is 8.39. The number of nitrogens with zero attached hydrogens (tertiary/aromatic N) is 2. The van der Waals surface area contributed by atoms with Crippen LogP contribution in [0.4, 0.5) is 14.5 Å². The predicted octanol–water partition coefficient (Wildman–Crippen LogP) is 1.93. The number of piperazine rings is 1. The summed E-state index contributed by atoms with van der Waals surface area (Å²) in [4.78, 5) is 27.9. The average molecular weight is 404 g/mol. The van der Waals surface area contributed by atoms with Crippen molar-refractivity contribution in [2.75, 3.05) is 38.2 Å². The van der Waals surface area contributed by atoms with E-state index in [0.29, 0.717) is 25.2 Å². The quantitative estimate of drug-likeness (QED) is 0.781. The van der Waals surface area contributed by atoms with Gasteiger partial charge in [-0.15, -0.1) is 12.4 Å². The number of rotatable bonds is 3. The molecule has 0 aliphatic carbocycles. The molecule has 6 nitrogen and oxygen atoms in total. The molecule has 2 fully saturated rings. The lowest BCUT2D eigenvalue weighted by atomic mass is 10.1. The summed E-state index contributed by atoms with van der Waals surface area (Å²) >= 11 is 0. The fourth-order valence-electron chi connectivity index (χ4n) is 3.54. The molecule has 0 radical (unpaired) electrons. The van der Waals surface area contributed by atoms with Gasteiger partial charge in [-0.2, -0.15) is 0 Å². The van der Waals surface area contributed by atoms with Crippen molar-refractivity contribution in [2.24, 2.45) is 0 Å². The smallest absolute Gasteiger partial charge is 0.337 e. The van der Waals surface area contributed by atoms with Crippen molar-refractivity contribution in [1.29, 1.82) is 0 Å². The maximum absolute atomic E-state index is 13.3. The van der Waals surface area contributed by atoms with Crippen LogP contribution >= 0.6 is 12.4 Å². The first kappa shape index (κ1) is 21.4. The first-order valence-corrected chi connectivity index (χ1v) is 8.66. The highest BCUT2D eigenvalue weighted by atomic mass is 35.5. The molecular weight excluding hydrogens is 380 g/mol. The first-order valence-electron chi connectivity index (χ1n) is 8.66. The van der Waals surface area contributed by atoms with Crippen LogP contribution in [-0.2, 0) is 9.53 Å². The Bertz CT molecular complexity index is 687. The maximum Gasteiger partial charge on any atom is 0.337 e. The summed E-state index contributed by atoms with van der Waals surface area (Å²) in [7, 11) is 1.34. The number of nitrogens with one attached hydrogen (secondary N) is 1. The number of esters is 1. The molecule has 2 unspecified atom stereocenters. The third-order valence-corrected chi connectivity index (χ3v) is 4.97. The van der Waals surface area contributed by atoms with Gasteiger partial charge in [0.2, 0.25) is 5.91 Å². The standard InChI is InChI=1S/C18H23F2N3O3.ClH/c1-12-10-22(14-5-3-13(4-6-14)17(25)26-2)7-8-23(12)16(24)15-9-18(19,20)11-21-15;/h3-6,12,15,21H,7-11H2,1-2H3;1H. The monoisotopic (exact) mass is 403 g/mol. The van der Waals surface area contributed by atoms with Gasteiger partial charge < -0.3 is 14.5 Å². The molecule has 2 aliphatic rings. The van der Waals surface area contributed by atoms with Gasteiger partial charge >= 0.3 is 5.97 Å². The minimum absolute atomic E-state index is 0. The van der Waals surface area contributed by atoms with Gasteiger partial charge in [0.1, 0.15) is 0 Å². The highest BCUT2D eigenvalue weighted by molar-refractivity contribution is 5.89. The van der Waals surface area contributed by atoms with Crippen LogP contribution in [0.3, 0.4) is 0 Å². The van der Waals surface area contributed by atoms with Crippen molar-refractivity contribution in [1.82, 2.24) is 10.2 Å². The molecule has 1 aromatic rings. The number of amides is 1. The molecule has 2 saturated heterocycles. The fraction of sp³-hybridized carbons (Fsp3) is 0.556. The molecule has 1 N–H and O–H groups in total. The average Bonchev–Trinajstić information content (AvgIpc) is 3.00. The van der Waals surface area contributed by atoms with E-state index >= 15 is 0 Å². The van der Waals surface area contributed by atoms with E-state index in [1.54, 1.807) is 17.0 Å². The molecule has 9 heteroatoms. The summed E-state index contributed by atoms with van der Waals surface area (Å²) in [6, 6.07) is 6.19. The second-order valence-electron chi connectivity index (χ2n) is 6.86. The van der Waals surface area contributed by atoms with Crippen LogP contribution in [0.1, 0.15) is 23.7 Å². The highest BCUT2D eigenvalue weighted by Gasteiger charge is 2.44. The summed E-state index contributed by atoms with van der Waals surface area (Å²) < 4.78 is 31.4.